The monoisotopic (exact) mass is 498 g/mol. The van der Waals surface area contributed by atoms with Crippen LogP contribution in [0.4, 0.5) is 5.69 Å². The molecule has 14 heteroatoms. The molecule has 0 spiro atoms. The molecule has 3 rings (SSSR count). The van der Waals surface area contributed by atoms with Crippen LogP contribution in [-0.2, 0) is 35.8 Å². The Kier molecular flexibility index (Phi) is 5.46. The molecule has 0 radical (unpaired) electrons. The molecule has 0 atom stereocenters. The molecule has 0 unspecified atom stereocenters. The lowest BCUT2D eigenvalue weighted by Gasteiger charge is -2.16. The number of hydrogen-bond acceptors (Lipinski definition) is 7. The molecule has 30 heavy (non-hydrogen) atoms. The van der Waals surface area contributed by atoms with E-state index in [4.69, 9.17) is 4.55 Å². The SMILES string of the molecule is CC1=[N+](CCCS(=O)(=O)O)c2cc(S(=O)(=O)O)c3sc(S(=O)(=O)O)cc3c2C1(C)C. The minimum absolute atomic E-state index is 0.00969. The molecule has 2 aromatic rings. The standard InChI is InChI=1S/C16H19NO9S4/c1-9-16(2,3)14-10-7-13(30(24,25)26)27-15(10)12(29(21,22)23)8-11(14)17(9)5-4-6-28(18,19)20/h7-8H,4-6H2,1-3H3,(H2-,18,19,20,21,22,23,24,25,26)/p+1. The molecule has 0 saturated heterocycles. The van der Waals surface area contributed by atoms with Gasteiger partial charge in [-0.25, -0.2) is 0 Å². The van der Waals surface area contributed by atoms with Gasteiger partial charge in [-0.2, -0.15) is 29.8 Å². The lowest BCUT2D eigenvalue weighted by molar-refractivity contribution is -0.438. The van der Waals surface area contributed by atoms with Gasteiger partial charge in [-0.1, -0.05) is 0 Å². The zero-order valence-electron chi connectivity index (χ0n) is 16.1. The minimum atomic E-state index is -4.74. The fourth-order valence-corrected chi connectivity index (χ4v) is 7.00. The smallest absolute Gasteiger partial charge is 0.286 e. The molecule has 0 bridgehead atoms. The number of benzene rings is 1. The van der Waals surface area contributed by atoms with Gasteiger partial charge in [0.15, 0.2) is 5.71 Å². The minimum Gasteiger partial charge on any atom is -0.286 e. The second-order valence-corrected chi connectivity index (χ2v) is 13.2. The second-order valence-electron chi connectivity index (χ2n) is 7.53. The fourth-order valence-electron chi connectivity index (χ4n) is 3.72. The average molecular weight is 499 g/mol. The van der Waals surface area contributed by atoms with E-state index in [0.29, 0.717) is 22.6 Å². The Bertz CT molecular complexity index is 1410. The van der Waals surface area contributed by atoms with Crippen molar-refractivity contribution in [2.45, 2.75) is 41.7 Å². The highest BCUT2D eigenvalue weighted by molar-refractivity contribution is 7.88. The van der Waals surface area contributed by atoms with Crippen LogP contribution >= 0.6 is 11.3 Å². The first-order chi connectivity index (χ1) is 13.4. The summed E-state index contributed by atoms with van der Waals surface area (Å²) >= 11 is 0.531. The number of thiophene rings is 1. The summed E-state index contributed by atoms with van der Waals surface area (Å²) in [6, 6.07) is 2.38. The summed E-state index contributed by atoms with van der Waals surface area (Å²) in [5.74, 6) is -0.495. The average Bonchev–Trinajstić information content (AvgIpc) is 3.05. The highest BCUT2D eigenvalue weighted by Crippen LogP contribution is 2.48. The van der Waals surface area contributed by atoms with E-state index >= 15 is 0 Å². The molecule has 0 aliphatic carbocycles. The normalized spacial score (nSPS) is 17.0. The van der Waals surface area contributed by atoms with Gasteiger partial charge in [0.25, 0.3) is 20.2 Å². The molecule has 3 N–H and O–H groups in total. The van der Waals surface area contributed by atoms with Gasteiger partial charge in [-0.3, -0.25) is 13.7 Å². The van der Waals surface area contributed by atoms with Crippen LogP contribution in [0.25, 0.3) is 10.1 Å². The third kappa shape index (κ3) is 4.04. The van der Waals surface area contributed by atoms with Crippen LogP contribution in [0.3, 0.4) is 0 Å². The van der Waals surface area contributed by atoms with Crippen molar-refractivity contribution in [2.75, 3.05) is 12.3 Å². The first kappa shape index (κ1) is 23.2. The summed E-state index contributed by atoms with van der Waals surface area (Å²) in [4.78, 5) is -0.513. The van der Waals surface area contributed by atoms with E-state index in [1.807, 2.05) is 13.8 Å². The van der Waals surface area contributed by atoms with Gasteiger partial charge >= 0.3 is 10.1 Å². The van der Waals surface area contributed by atoms with E-state index < -0.39 is 50.6 Å². The molecule has 2 heterocycles. The van der Waals surface area contributed by atoms with E-state index in [0.717, 1.165) is 5.71 Å². The van der Waals surface area contributed by atoms with Gasteiger partial charge in [-0.15, -0.1) is 11.3 Å². The van der Waals surface area contributed by atoms with Crippen molar-refractivity contribution in [3.63, 3.8) is 0 Å². The molecule has 1 aromatic carbocycles. The van der Waals surface area contributed by atoms with Gasteiger partial charge in [0, 0.05) is 30.4 Å². The Balaban J connectivity index is 2.33. The van der Waals surface area contributed by atoms with E-state index in [-0.39, 0.29) is 23.1 Å². The summed E-state index contributed by atoms with van der Waals surface area (Å²) in [6.07, 6.45) is 0.0465. The third-order valence-corrected chi connectivity index (χ3v) is 9.55. The number of fused-ring (bicyclic) bond motifs is 3. The van der Waals surface area contributed by atoms with E-state index in [1.54, 1.807) is 11.5 Å². The van der Waals surface area contributed by atoms with Crippen molar-refractivity contribution in [3.8, 4) is 0 Å². The number of rotatable bonds is 6. The maximum atomic E-state index is 12.0. The highest BCUT2D eigenvalue weighted by Gasteiger charge is 2.46. The quantitative estimate of drug-likeness (QED) is 0.399. The topological polar surface area (TPSA) is 166 Å². The predicted molar refractivity (Wildman–Crippen MR) is 111 cm³/mol. The summed E-state index contributed by atoms with van der Waals surface area (Å²) in [7, 11) is -13.5. The summed E-state index contributed by atoms with van der Waals surface area (Å²) in [6.45, 7) is 5.57. The van der Waals surface area contributed by atoms with E-state index in [9.17, 15) is 34.4 Å². The number of hydrogen-bond donors (Lipinski definition) is 3. The Morgan fingerprint density at radius 3 is 2.10 bits per heavy atom. The molecule has 1 aliphatic heterocycles. The molecule has 166 valence electrons. The molecular weight excluding hydrogens is 478 g/mol. The van der Waals surface area contributed by atoms with E-state index in [1.165, 1.54) is 12.1 Å². The second kappa shape index (κ2) is 7.05. The van der Waals surface area contributed by atoms with Gasteiger partial charge in [0.05, 0.1) is 15.9 Å². The van der Waals surface area contributed by atoms with Crippen LogP contribution in [0.1, 0.15) is 32.8 Å². The van der Waals surface area contributed by atoms with Crippen molar-refractivity contribution < 1.29 is 43.5 Å². The first-order valence-electron chi connectivity index (χ1n) is 8.57. The van der Waals surface area contributed by atoms with Gasteiger partial charge in [0.2, 0.25) is 5.69 Å². The van der Waals surface area contributed by atoms with E-state index in [2.05, 4.69) is 0 Å². The maximum Gasteiger partial charge on any atom is 0.304 e. The van der Waals surface area contributed by atoms with Crippen LogP contribution in [-0.4, -0.2) is 61.5 Å². The lowest BCUT2D eigenvalue weighted by Crippen LogP contribution is -2.27. The van der Waals surface area contributed by atoms with Gasteiger partial charge in [-0.05, 0) is 19.9 Å². The summed E-state index contributed by atoms with van der Waals surface area (Å²) in [5, 5.41) is 0.249. The fraction of sp³-hybridized carbons (Fsp3) is 0.438. The first-order valence-corrected chi connectivity index (χ1v) is 13.9. The Morgan fingerprint density at radius 2 is 1.60 bits per heavy atom. The lowest BCUT2D eigenvalue weighted by atomic mass is 9.80. The van der Waals surface area contributed by atoms with Crippen LogP contribution < -0.4 is 0 Å². The zero-order chi connectivity index (χ0) is 22.9. The molecule has 10 nitrogen and oxygen atoms in total. The molecular formula is C16H20NO9S4+. The van der Waals surface area contributed by atoms with Crippen molar-refractivity contribution in [1.82, 2.24) is 0 Å². The molecule has 0 amide bonds. The van der Waals surface area contributed by atoms with Crippen LogP contribution in [0.2, 0.25) is 0 Å². The largest absolute Gasteiger partial charge is 0.304 e. The Morgan fingerprint density at radius 1 is 1.00 bits per heavy atom. The Hall–Kier alpha value is -1.42. The predicted octanol–water partition coefficient (Wildman–Crippen LogP) is 2.07. The van der Waals surface area contributed by atoms with Crippen molar-refractivity contribution in [2.24, 2.45) is 0 Å². The summed E-state index contributed by atoms with van der Waals surface area (Å²) < 4.78 is 98.8. The van der Waals surface area contributed by atoms with Crippen LogP contribution in [0.5, 0.6) is 0 Å². The van der Waals surface area contributed by atoms with Crippen molar-refractivity contribution in [1.29, 1.82) is 0 Å². The van der Waals surface area contributed by atoms with Gasteiger partial charge in [0.1, 0.15) is 15.6 Å². The van der Waals surface area contributed by atoms with Crippen molar-refractivity contribution >= 4 is 63.2 Å². The number of nitrogens with zero attached hydrogens (tertiary/aromatic N) is 1. The molecule has 0 saturated carbocycles. The Labute approximate surface area is 178 Å². The maximum absolute atomic E-state index is 12.0. The van der Waals surface area contributed by atoms with Crippen LogP contribution in [0.15, 0.2) is 21.2 Å². The molecule has 1 aromatic heterocycles. The molecule has 0 fully saturated rings. The van der Waals surface area contributed by atoms with Gasteiger partial charge < -0.3 is 0 Å². The summed E-state index contributed by atoms with van der Waals surface area (Å²) in [5.41, 5.74) is 0.996. The highest BCUT2D eigenvalue weighted by atomic mass is 32.3. The van der Waals surface area contributed by atoms with Crippen molar-refractivity contribution in [3.05, 3.63) is 17.7 Å². The molecule has 1 aliphatic rings. The third-order valence-electron chi connectivity index (χ3n) is 5.27. The van der Waals surface area contributed by atoms with Crippen LogP contribution in [0, 0.1) is 0 Å². The zero-order valence-corrected chi connectivity index (χ0v) is 19.4.